The number of aromatic nitrogens is 1. The van der Waals surface area contributed by atoms with Crippen molar-refractivity contribution in [2.75, 3.05) is 4.90 Å². The SMILES string of the molecule is Cc1ccc(C)c(N2C(=O)C(=O)[C@H](c3nc4ccccc4s3)/C(=N/NC(=O)NN)C2=O)c1. The lowest BCUT2D eigenvalue weighted by Crippen LogP contribution is -2.55. The molecule has 1 fully saturated rings. The lowest BCUT2D eigenvalue weighted by atomic mass is 9.91. The molecule has 2 aromatic carbocycles. The summed E-state index contributed by atoms with van der Waals surface area (Å²) in [5.41, 5.74) is 5.87. The average molecular weight is 450 g/mol. The number of hydrazine groups is 1. The van der Waals surface area contributed by atoms with Gasteiger partial charge in [-0.25, -0.2) is 25.9 Å². The molecule has 162 valence electrons. The average Bonchev–Trinajstić information content (AvgIpc) is 3.21. The van der Waals surface area contributed by atoms with Crippen LogP contribution in [-0.4, -0.2) is 34.3 Å². The molecule has 4 amide bonds. The maximum atomic E-state index is 13.4. The number of fused-ring (bicyclic) bond motifs is 1. The van der Waals surface area contributed by atoms with Crippen molar-refractivity contribution in [1.29, 1.82) is 0 Å². The molecule has 0 spiro atoms. The third-order valence-corrected chi connectivity index (χ3v) is 6.04. The molecule has 1 aliphatic heterocycles. The number of anilines is 1. The number of nitrogens with one attached hydrogen (secondary N) is 2. The number of nitrogens with two attached hydrogens (primary N) is 1. The van der Waals surface area contributed by atoms with Crippen LogP contribution in [0.5, 0.6) is 0 Å². The fraction of sp³-hybridized carbons (Fsp3) is 0.143. The van der Waals surface area contributed by atoms with Gasteiger partial charge >= 0.3 is 11.9 Å². The molecule has 0 saturated carbocycles. The van der Waals surface area contributed by atoms with Gasteiger partial charge < -0.3 is 0 Å². The van der Waals surface area contributed by atoms with E-state index in [4.69, 9.17) is 5.84 Å². The predicted molar refractivity (Wildman–Crippen MR) is 119 cm³/mol. The van der Waals surface area contributed by atoms with E-state index in [1.54, 1.807) is 38.1 Å². The molecule has 1 atom stereocenters. The first-order valence-corrected chi connectivity index (χ1v) is 10.3. The van der Waals surface area contributed by atoms with Crippen molar-refractivity contribution in [3.8, 4) is 0 Å². The van der Waals surface area contributed by atoms with Crippen LogP contribution in [-0.2, 0) is 14.4 Å². The summed E-state index contributed by atoms with van der Waals surface area (Å²) in [6.45, 7) is 3.52. The quantitative estimate of drug-likeness (QED) is 0.182. The Morgan fingerprint density at radius 2 is 1.88 bits per heavy atom. The number of hydrogen-bond acceptors (Lipinski definition) is 8. The smallest absolute Gasteiger partial charge is 0.287 e. The molecule has 32 heavy (non-hydrogen) atoms. The highest BCUT2D eigenvalue weighted by atomic mass is 32.1. The number of imide groups is 1. The van der Waals surface area contributed by atoms with E-state index in [1.165, 1.54) is 11.3 Å². The molecule has 1 saturated heterocycles. The second-order valence-electron chi connectivity index (χ2n) is 7.14. The van der Waals surface area contributed by atoms with E-state index in [-0.39, 0.29) is 16.4 Å². The Bertz CT molecular complexity index is 1280. The minimum Gasteiger partial charge on any atom is -0.287 e. The highest BCUT2D eigenvalue weighted by Crippen LogP contribution is 2.34. The lowest BCUT2D eigenvalue weighted by Gasteiger charge is -2.30. The van der Waals surface area contributed by atoms with E-state index in [1.807, 2.05) is 23.6 Å². The molecule has 3 aromatic rings. The van der Waals surface area contributed by atoms with Crippen LogP contribution in [0.4, 0.5) is 10.5 Å². The number of piperidine rings is 1. The summed E-state index contributed by atoms with van der Waals surface area (Å²) in [6, 6.07) is 11.5. The lowest BCUT2D eigenvalue weighted by molar-refractivity contribution is -0.139. The van der Waals surface area contributed by atoms with Crippen LogP contribution in [0.1, 0.15) is 22.1 Å². The zero-order valence-electron chi connectivity index (χ0n) is 17.1. The first kappa shape index (κ1) is 21.3. The van der Waals surface area contributed by atoms with Gasteiger partial charge in [-0.2, -0.15) is 5.10 Å². The van der Waals surface area contributed by atoms with Crippen molar-refractivity contribution in [2.45, 2.75) is 19.8 Å². The van der Waals surface area contributed by atoms with E-state index in [0.717, 1.165) is 15.2 Å². The molecule has 1 aromatic heterocycles. The highest BCUT2D eigenvalue weighted by Gasteiger charge is 2.48. The first-order valence-electron chi connectivity index (χ1n) is 9.51. The second kappa shape index (κ2) is 8.29. The van der Waals surface area contributed by atoms with Gasteiger partial charge in [-0.3, -0.25) is 19.8 Å². The van der Waals surface area contributed by atoms with Crippen LogP contribution in [0, 0.1) is 13.8 Å². The van der Waals surface area contributed by atoms with Gasteiger partial charge in [0, 0.05) is 0 Å². The largest absolute Gasteiger partial charge is 0.349 e. The summed E-state index contributed by atoms with van der Waals surface area (Å²) in [5.74, 6) is 1.01. The zero-order chi connectivity index (χ0) is 23.0. The number of urea groups is 1. The number of carbonyl (C=O) groups excluding carboxylic acids is 4. The van der Waals surface area contributed by atoms with Crippen molar-refractivity contribution >= 4 is 56.6 Å². The van der Waals surface area contributed by atoms with Crippen molar-refractivity contribution in [3.63, 3.8) is 0 Å². The minimum atomic E-state index is -1.35. The van der Waals surface area contributed by atoms with Gasteiger partial charge in [0.25, 0.3) is 5.91 Å². The number of para-hydroxylation sites is 1. The number of aryl methyl sites for hydroxylation is 2. The van der Waals surface area contributed by atoms with Crippen LogP contribution in [0.15, 0.2) is 47.6 Å². The molecular weight excluding hydrogens is 432 g/mol. The summed E-state index contributed by atoms with van der Waals surface area (Å²) in [4.78, 5) is 56.6. The molecule has 0 aliphatic carbocycles. The molecule has 11 heteroatoms. The molecule has 0 radical (unpaired) electrons. The number of carbonyl (C=O) groups is 4. The van der Waals surface area contributed by atoms with Crippen LogP contribution in [0.3, 0.4) is 0 Å². The van der Waals surface area contributed by atoms with Crippen molar-refractivity contribution in [3.05, 3.63) is 58.6 Å². The molecule has 2 heterocycles. The summed E-state index contributed by atoms with van der Waals surface area (Å²) in [6.07, 6.45) is 0. The summed E-state index contributed by atoms with van der Waals surface area (Å²) >= 11 is 1.17. The third kappa shape index (κ3) is 3.63. The molecule has 0 bridgehead atoms. The first-order chi connectivity index (χ1) is 15.3. The Kier molecular flexibility index (Phi) is 5.51. The van der Waals surface area contributed by atoms with Gasteiger partial charge in [0.1, 0.15) is 16.6 Å². The molecule has 1 aliphatic rings. The number of hydrogen-bond donors (Lipinski definition) is 3. The maximum Gasteiger partial charge on any atom is 0.349 e. The molecule has 10 nitrogen and oxygen atoms in total. The van der Waals surface area contributed by atoms with E-state index in [9.17, 15) is 19.2 Å². The van der Waals surface area contributed by atoms with Crippen molar-refractivity contribution < 1.29 is 19.2 Å². The van der Waals surface area contributed by atoms with Crippen molar-refractivity contribution in [2.24, 2.45) is 10.9 Å². The Morgan fingerprint density at radius 1 is 1.12 bits per heavy atom. The van der Waals surface area contributed by atoms with Gasteiger partial charge in [-0.1, -0.05) is 24.3 Å². The van der Waals surface area contributed by atoms with Gasteiger partial charge in [-0.15, -0.1) is 11.3 Å². The number of Topliss-reactive ketones (excluding diaryl/α,β-unsaturated/α-hetero) is 1. The molecular formula is C21H18N6O4S. The van der Waals surface area contributed by atoms with E-state index in [2.05, 4.69) is 15.5 Å². The van der Waals surface area contributed by atoms with Gasteiger partial charge in [-0.05, 0) is 43.2 Å². The summed E-state index contributed by atoms with van der Waals surface area (Å²) in [7, 11) is 0. The predicted octanol–water partition coefficient (Wildman–Crippen LogP) is 1.67. The third-order valence-electron chi connectivity index (χ3n) is 4.94. The normalized spacial score (nSPS) is 17.8. The van der Waals surface area contributed by atoms with Gasteiger partial charge in [0.05, 0.1) is 15.9 Å². The Hall–Kier alpha value is -3.96. The zero-order valence-corrected chi connectivity index (χ0v) is 17.9. The van der Waals surface area contributed by atoms with Crippen LogP contribution in [0.25, 0.3) is 10.2 Å². The molecule has 4 rings (SSSR count). The monoisotopic (exact) mass is 450 g/mol. The Labute approximate surface area is 186 Å². The van der Waals surface area contributed by atoms with E-state index < -0.39 is 29.5 Å². The number of rotatable bonds is 3. The van der Waals surface area contributed by atoms with Gasteiger partial charge in [0.15, 0.2) is 0 Å². The number of thiazole rings is 1. The summed E-state index contributed by atoms with van der Waals surface area (Å²) < 4.78 is 0.777. The van der Waals surface area contributed by atoms with Crippen molar-refractivity contribution in [1.82, 2.24) is 15.8 Å². The fourth-order valence-electron chi connectivity index (χ4n) is 3.37. The Morgan fingerprint density at radius 3 is 2.59 bits per heavy atom. The molecule has 0 unspecified atom stereocenters. The van der Waals surface area contributed by atoms with Crippen LogP contribution >= 0.6 is 11.3 Å². The summed E-state index contributed by atoms with van der Waals surface area (Å²) in [5, 5.41) is 4.08. The number of hydrazone groups is 1. The number of amides is 4. The topological polar surface area (TPSA) is 147 Å². The Balaban J connectivity index is 1.86. The standard InChI is InChI=1S/C21H18N6O4S/c1-10-7-8-11(2)13(9-10)27-19(29)16(25-26-21(31)24-22)15(17(28)20(27)30)18-23-12-5-3-4-6-14(12)32-18/h3-9,15H,22H2,1-2H3,(H2,24,26,31)/b25-16-/t15-/m1/s1. The van der Waals surface area contributed by atoms with E-state index >= 15 is 0 Å². The van der Waals surface area contributed by atoms with Crippen LogP contribution in [0.2, 0.25) is 0 Å². The fourth-order valence-corrected chi connectivity index (χ4v) is 4.44. The maximum absolute atomic E-state index is 13.4. The number of ketones is 1. The van der Waals surface area contributed by atoms with Gasteiger partial charge in [0.2, 0.25) is 5.78 Å². The number of nitrogens with zero attached hydrogens (tertiary/aromatic N) is 3. The second-order valence-corrected chi connectivity index (χ2v) is 8.20. The number of benzene rings is 2. The minimum absolute atomic E-state index is 0.229. The molecule has 4 N–H and O–H groups in total. The van der Waals surface area contributed by atoms with Crippen LogP contribution < -0.4 is 21.6 Å². The highest BCUT2D eigenvalue weighted by molar-refractivity contribution is 7.19. The van der Waals surface area contributed by atoms with E-state index in [0.29, 0.717) is 11.1 Å².